The zero-order valence-corrected chi connectivity index (χ0v) is 37.5. The number of fused-ring (bicyclic) bond motifs is 3. The fourth-order valence-electron chi connectivity index (χ4n) is 9.98. The summed E-state index contributed by atoms with van der Waals surface area (Å²) < 4.78 is 41.9. The number of carbonyl (C=O) groups excluding carboxylic acids is 1. The number of aromatic amines is 1. The average Bonchev–Trinajstić information content (AvgIpc) is 3.96. The summed E-state index contributed by atoms with van der Waals surface area (Å²) in [5.41, 5.74) is 5.39. The third-order valence-electron chi connectivity index (χ3n) is 13.6. The summed E-state index contributed by atoms with van der Waals surface area (Å²) in [6.07, 6.45) is 8.58. The second kappa shape index (κ2) is 16.8. The number of aromatic nitrogens is 3. The number of aliphatic hydroxyl groups is 1. The molecule has 1 saturated heterocycles. The first-order valence-electron chi connectivity index (χ1n) is 21.4. The van der Waals surface area contributed by atoms with Gasteiger partial charge in [0.25, 0.3) is 15.9 Å². The molecular formula is C47H52Cl2N6O6S. The summed E-state index contributed by atoms with van der Waals surface area (Å²) in [4.78, 5) is 22.7. The standard InChI is InChI=1S/C47H52Cl2N6O6S/c1-46(2)14-13-30(38(24-46)29-7-9-34(48)10-8-29)27-54-15-17-55(18-16-54)35-11-12-37(43(21-35)61-42-6-4-5-41-39(42)26-51-52-41)44(56)53-62(58,59)36-22-40(49)45(50-25-36)60-28-32-20-33-19-31(32)23-47(33,3)57/h4-12,21-22,25-26,31-33,57H,13-20,23-24,27-28H2,1-3H3,(H,51,52)(H,53,56)/t31-,32+,33+,47-/m1/s1. The van der Waals surface area contributed by atoms with E-state index in [1.54, 1.807) is 24.4 Å². The minimum Gasteiger partial charge on any atom is -0.476 e. The molecule has 3 fully saturated rings. The third kappa shape index (κ3) is 8.92. The summed E-state index contributed by atoms with van der Waals surface area (Å²) >= 11 is 12.8. The summed E-state index contributed by atoms with van der Waals surface area (Å²) in [5, 5.41) is 19.1. The van der Waals surface area contributed by atoms with E-state index >= 15 is 0 Å². The van der Waals surface area contributed by atoms with Gasteiger partial charge in [-0.15, -0.1) is 0 Å². The summed E-state index contributed by atoms with van der Waals surface area (Å²) in [6.45, 7) is 11.1. The van der Waals surface area contributed by atoms with Crippen LogP contribution in [0.3, 0.4) is 0 Å². The van der Waals surface area contributed by atoms with Crippen LogP contribution < -0.4 is 19.1 Å². The van der Waals surface area contributed by atoms with Crippen LogP contribution in [0.1, 0.15) is 75.2 Å². The molecule has 1 amide bonds. The van der Waals surface area contributed by atoms with Crippen LogP contribution in [0.15, 0.2) is 89.6 Å². The van der Waals surface area contributed by atoms with E-state index in [0.29, 0.717) is 23.7 Å². The highest BCUT2D eigenvalue weighted by Crippen LogP contribution is 2.53. The van der Waals surface area contributed by atoms with E-state index < -0.39 is 21.5 Å². The molecule has 326 valence electrons. The minimum atomic E-state index is -4.42. The van der Waals surface area contributed by atoms with Gasteiger partial charge in [-0.2, -0.15) is 5.10 Å². The number of benzene rings is 3. The van der Waals surface area contributed by atoms with Gasteiger partial charge in [-0.25, -0.2) is 18.1 Å². The predicted octanol–water partition coefficient (Wildman–Crippen LogP) is 9.14. The Bertz CT molecular complexity index is 2640. The maximum Gasteiger partial charge on any atom is 0.268 e. The van der Waals surface area contributed by atoms with Crippen molar-refractivity contribution < 1.29 is 27.8 Å². The molecule has 2 saturated carbocycles. The van der Waals surface area contributed by atoms with Crippen LogP contribution in [0.5, 0.6) is 17.4 Å². The first-order chi connectivity index (χ1) is 29.6. The molecule has 3 aromatic carbocycles. The van der Waals surface area contributed by atoms with Crippen LogP contribution in [0.25, 0.3) is 16.5 Å². The Morgan fingerprint density at radius 3 is 2.50 bits per heavy atom. The number of carbonyl (C=O) groups is 1. The van der Waals surface area contributed by atoms with Gasteiger partial charge >= 0.3 is 0 Å². The Labute approximate surface area is 372 Å². The van der Waals surface area contributed by atoms with Gasteiger partial charge in [-0.05, 0) is 122 Å². The molecule has 3 heterocycles. The van der Waals surface area contributed by atoms with Crippen molar-refractivity contribution in [3.05, 3.63) is 106 Å². The number of amides is 1. The number of piperazine rings is 1. The summed E-state index contributed by atoms with van der Waals surface area (Å²) in [6, 6.07) is 20.1. The smallest absolute Gasteiger partial charge is 0.268 e. The molecule has 15 heteroatoms. The van der Waals surface area contributed by atoms with Crippen LogP contribution in [0.4, 0.5) is 5.69 Å². The first kappa shape index (κ1) is 42.6. The molecule has 0 unspecified atom stereocenters. The maximum atomic E-state index is 14.0. The number of hydrogen-bond acceptors (Lipinski definition) is 10. The molecular weight excluding hydrogens is 848 g/mol. The molecule has 9 rings (SSSR count). The van der Waals surface area contributed by atoms with Crippen molar-refractivity contribution in [3.8, 4) is 17.4 Å². The number of pyridine rings is 1. The van der Waals surface area contributed by atoms with Crippen LogP contribution in [0, 0.1) is 23.2 Å². The van der Waals surface area contributed by atoms with Crippen LogP contribution in [-0.4, -0.2) is 84.4 Å². The fourth-order valence-corrected chi connectivity index (χ4v) is 11.3. The number of halogens is 2. The van der Waals surface area contributed by atoms with Crippen LogP contribution in [0.2, 0.25) is 10.0 Å². The number of nitrogens with zero attached hydrogens (tertiary/aromatic N) is 4. The molecule has 2 aromatic heterocycles. The molecule has 62 heavy (non-hydrogen) atoms. The topological polar surface area (TPSA) is 150 Å². The Balaban J connectivity index is 0.905. The second-order valence-electron chi connectivity index (χ2n) is 18.5. The van der Waals surface area contributed by atoms with E-state index in [1.807, 2.05) is 37.3 Å². The largest absolute Gasteiger partial charge is 0.476 e. The monoisotopic (exact) mass is 898 g/mol. The number of ether oxygens (including phenoxy) is 2. The van der Waals surface area contributed by atoms with Gasteiger partial charge in [0.2, 0.25) is 5.88 Å². The van der Waals surface area contributed by atoms with Crippen LogP contribution in [-0.2, 0) is 10.0 Å². The highest BCUT2D eigenvalue weighted by atomic mass is 35.5. The maximum absolute atomic E-state index is 14.0. The highest BCUT2D eigenvalue weighted by Gasteiger charge is 2.51. The van der Waals surface area contributed by atoms with Gasteiger partial charge in [0.15, 0.2) is 0 Å². The number of allylic oxidation sites excluding steroid dienone is 1. The molecule has 0 spiro atoms. The number of anilines is 1. The zero-order valence-electron chi connectivity index (χ0n) is 35.2. The summed E-state index contributed by atoms with van der Waals surface area (Å²) in [5.74, 6) is 0.762. The first-order valence-corrected chi connectivity index (χ1v) is 23.6. The average molecular weight is 900 g/mol. The number of nitrogens with one attached hydrogen (secondary N) is 2. The number of H-pyrrole nitrogens is 1. The van der Waals surface area contributed by atoms with Gasteiger partial charge in [0.1, 0.15) is 21.4 Å². The van der Waals surface area contributed by atoms with E-state index in [2.05, 4.69) is 55.7 Å². The molecule has 3 aliphatic carbocycles. The van der Waals surface area contributed by atoms with Gasteiger partial charge in [-0.1, -0.05) is 60.8 Å². The van der Waals surface area contributed by atoms with Crippen molar-refractivity contribution in [3.63, 3.8) is 0 Å². The van der Waals surface area contributed by atoms with Crippen LogP contribution >= 0.6 is 23.2 Å². The Morgan fingerprint density at radius 1 is 0.984 bits per heavy atom. The lowest BCUT2D eigenvalue weighted by atomic mass is 9.72. The Kier molecular flexibility index (Phi) is 11.6. The van der Waals surface area contributed by atoms with Crippen molar-refractivity contribution in [1.29, 1.82) is 0 Å². The lowest BCUT2D eigenvalue weighted by Crippen LogP contribution is -2.47. The van der Waals surface area contributed by atoms with E-state index in [1.165, 1.54) is 22.8 Å². The van der Waals surface area contributed by atoms with Crippen molar-refractivity contribution in [2.75, 3.05) is 44.2 Å². The molecule has 4 aliphatic rings. The minimum absolute atomic E-state index is 0.0126. The summed E-state index contributed by atoms with van der Waals surface area (Å²) in [7, 11) is -4.42. The fraction of sp³-hybridized carbons (Fsp3) is 0.426. The molecule has 1 aliphatic heterocycles. The van der Waals surface area contributed by atoms with Gasteiger partial charge in [-0.3, -0.25) is 14.8 Å². The van der Waals surface area contributed by atoms with E-state index in [9.17, 15) is 18.3 Å². The predicted molar refractivity (Wildman–Crippen MR) is 242 cm³/mol. The zero-order chi connectivity index (χ0) is 43.4. The van der Waals surface area contributed by atoms with Gasteiger partial charge in [0, 0.05) is 49.5 Å². The van der Waals surface area contributed by atoms with Crippen molar-refractivity contribution in [2.24, 2.45) is 23.2 Å². The molecule has 2 bridgehead atoms. The lowest BCUT2D eigenvalue weighted by Gasteiger charge is -2.39. The lowest BCUT2D eigenvalue weighted by molar-refractivity contribution is -0.0121. The number of sulfonamides is 1. The van der Waals surface area contributed by atoms with Gasteiger partial charge in [0.05, 0.1) is 41.1 Å². The molecule has 4 atom stereocenters. The molecule has 0 radical (unpaired) electrons. The van der Waals surface area contributed by atoms with Crippen molar-refractivity contribution in [1.82, 2.24) is 24.8 Å². The Morgan fingerprint density at radius 2 is 1.77 bits per heavy atom. The third-order valence-corrected chi connectivity index (χ3v) is 15.4. The highest BCUT2D eigenvalue weighted by molar-refractivity contribution is 7.90. The molecule has 3 N–H and O–H groups in total. The number of hydrogen-bond donors (Lipinski definition) is 3. The van der Waals surface area contributed by atoms with Gasteiger partial charge < -0.3 is 19.5 Å². The SMILES string of the molecule is CC1(C)CCC(CN2CCN(c3ccc(C(=O)NS(=O)(=O)c4cnc(OC[C@@H]5C[C@@H]6C[C@@H]5C[C@@]6(C)O)c(Cl)c4)c(Oc4cccc5[nH]ncc45)c3)CC2)=C(c2ccc(Cl)cc2)C1. The van der Waals surface area contributed by atoms with E-state index in [0.717, 1.165) is 93.7 Å². The van der Waals surface area contributed by atoms with Crippen molar-refractivity contribution >= 4 is 61.3 Å². The second-order valence-corrected chi connectivity index (χ2v) is 21.0. The quantitative estimate of drug-likeness (QED) is 0.111. The Hall–Kier alpha value is -4.66. The molecule has 12 nitrogen and oxygen atoms in total. The van der Waals surface area contributed by atoms with E-state index in [4.69, 9.17) is 32.7 Å². The van der Waals surface area contributed by atoms with Crippen molar-refractivity contribution in [2.45, 2.75) is 69.8 Å². The molecule has 5 aromatic rings. The van der Waals surface area contributed by atoms with E-state index in [-0.39, 0.29) is 44.4 Å². The number of rotatable bonds is 12. The normalized spacial score (nSPS) is 23.8.